The van der Waals surface area contributed by atoms with Crippen molar-refractivity contribution in [3.8, 4) is 5.75 Å². The van der Waals surface area contributed by atoms with E-state index >= 15 is 0 Å². The summed E-state index contributed by atoms with van der Waals surface area (Å²) in [5.74, 6) is 0.181. The first kappa shape index (κ1) is 26.4. The van der Waals surface area contributed by atoms with Crippen LogP contribution in [-0.2, 0) is 22.6 Å². The van der Waals surface area contributed by atoms with Gasteiger partial charge in [0, 0.05) is 28.2 Å². The summed E-state index contributed by atoms with van der Waals surface area (Å²) in [6, 6.07) is 12.4. The fourth-order valence-corrected chi connectivity index (χ4v) is 4.88. The molecule has 1 aliphatic rings. The number of nitrogens with zero attached hydrogens (tertiary/aromatic N) is 1. The van der Waals surface area contributed by atoms with Crippen molar-refractivity contribution in [2.45, 2.75) is 77.4 Å². The zero-order valence-corrected chi connectivity index (χ0v) is 21.5. The number of benzene rings is 2. The van der Waals surface area contributed by atoms with Crippen molar-refractivity contribution in [1.29, 1.82) is 0 Å². The first-order valence-electron chi connectivity index (χ1n) is 12.2. The van der Waals surface area contributed by atoms with Crippen LogP contribution in [-0.4, -0.2) is 35.4 Å². The molecule has 2 aromatic rings. The third-order valence-electron chi connectivity index (χ3n) is 6.42. The van der Waals surface area contributed by atoms with Crippen molar-refractivity contribution in [2.75, 3.05) is 6.61 Å². The van der Waals surface area contributed by atoms with Gasteiger partial charge in [0.05, 0.1) is 0 Å². The minimum atomic E-state index is -0.646. The molecule has 1 saturated carbocycles. The van der Waals surface area contributed by atoms with Crippen molar-refractivity contribution in [2.24, 2.45) is 0 Å². The Hall–Kier alpha value is -2.24. The summed E-state index contributed by atoms with van der Waals surface area (Å²) in [6.45, 7) is 3.94. The Bertz CT molecular complexity index is 939. The first-order chi connectivity index (χ1) is 16.4. The Morgan fingerprint density at radius 2 is 1.68 bits per heavy atom. The molecular formula is C27H34Cl2N2O3. The summed E-state index contributed by atoms with van der Waals surface area (Å²) in [5, 5.41) is 4.09. The van der Waals surface area contributed by atoms with E-state index in [9.17, 15) is 9.59 Å². The van der Waals surface area contributed by atoms with E-state index in [0.717, 1.165) is 32.1 Å². The van der Waals surface area contributed by atoms with Crippen molar-refractivity contribution < 1.29 is 14.3 Å². The number of carbonyl (C=O) groups is 2. The van der Waals surface area contributed by atoms with Crippen LogP contribution in [0.25, 0.3) is 0 Å². The predicted octanol–water partition coefficient (Wildman–Crippen LogP) is 6.19. The van der Waals surface area contributed by atoms with E-state index in [1.54, 1.807) is 23.1 Å². The molecule has 7 heteroatoms. The van der Waals surface area contributed by atoms with E-state index in [2.05, 4.69) is 12.2 Å². The fourth-order valence-electron chi connectivity index (χ4n) is 4.37. The molecule has 2 amide bonds. The van der Waals surface area contributed by atoms with Crippen LogP contribution in [0.4, 0.5) is 0 Å². The molecule has 0 saturated heterocycles. The van der Waals surface area contributed by atoms with Crippen molar-refractivity contribution >= 4 is 35.0 Å². The van der Waals surface area contributed by atoms with Gasteiger partial charge < -0.3 is 15.0 Å². The maximum atomic E-state index is 13.4. The molecule has 1 fully saturated rings. The van der Waals surface area contributed by atoms with Crippen molar-refractivity contribution in [3.05, 3.63) is 63.6 Å². The monoisotopic (exact) mass is 504 g/mol. The molecule has 3 rings (SSSR count). The van der Waals surface area contributed by atoms with Gasteiger partial charge in [-0.05, 0) is 55.5 Å². The third kappa shape index (κ3) is 7.13. The van der Waals surface area contributed by atoms with Gasteiger partial charge in [0.1, 0.15) is 11.8 Å². The lowest BCUT2D eigenvalue weighted by molar-refractivity contribution is -0.143. The second-order valence-corrected chi connectivity index (χ2v) is 9.59. The molecule has 34 heavy (non-hydrogen) atoms. The van der Waals surface area contributed by atoms with Crippen LogP contribution in [0, 0.1) is 0 Å². The smallest absolute Gasteiger partial charge is 0.261 e. The fraction of sp³-hybridized carbons (Fsp3) is 0.481. The average molecular weight is 505 g/mol. The number of halogens is 2. The Labute approximate surface area is 212 Å². The molecule has 0 aromatic heterocycles. The predicted molar refractivity (Wildman–Crippen MR) is 137 cm³/mol. The Morgan fingerprint density at radius 3 is 2.26 bits per heavy atom. The molecular weight excluding hydrogens is 471 g/mol. The van der Waals surface area contributed by atoms with Gasteiger partial charge in [-0.15, -0.1) is 0 Å². The van der Waals surface area contributed by atoms with Gasteiger partial charge in [-0.1, -0.05) is 74.5 Å². The van der Waals surface area contributed by atoms with Gasteiger partial charge in [0.2, 0.25) is 5.91 Å². The molecule has 0 spiro atoms. The molecule has 0 aliphatic heterocycles. The van der Waals surface area contributed by atoms with E-state index in [0.29, 0.717) is 27.8 Å². The molecule has 184 valence electrons. The summed E-state index contributed by atoms with van der Waals surface area (Å²) in [4.78, 5) is 28.2. The minimum Gasteiger partial charge on any atom is -0.484 e. The highest BCUT2D eigenvalue weighted by Gasteiger charge is 2.31. The standard InChI is InChI=1S/C27H34Cl2N2O3/c1-3-19-13-15-21(16-14-19)34-18-26(32)31(17-22-23(28)11-8-12-24(22)29)25(4-2)27(33)30-20-9-6-5-7-10-20/h8,11-16,20,25H,3-7,9-10,17-18H2,1-2H3,(H,30,33)/t25-/m1/s1. The zero-order valence-electron chi connectivity index (χ0n) is 20.0. The van der Waals surface area contributed by atoms with Crippen molar-refractivity contribution in [3.63, 3.8) is 0 Å². The van der Waals surface area contributed by atoms with Crippen LogP contribution in [0.3, 0.4) is 0 Å². The molecule has 0 heterocycles. The molecule has 1 atom stereocenters. The van der Waals surface area contributed by atoms with E-state index < -0.39 is 6.04 Å². The van der Waals surface area contributed by atoms with Gasteiger partial charge >= 0.3 is 0 Å². The summed E-state index contributed by atoms with van der Waals surface area (Å²) in [6.07, 6.45) is 6.79. The van der Waals surface area contributed by atoms with E-state index in [1.807, 2.05) is 31.2 Å². The van der Waals surface area contributed by atoms with Crippen LogP contribution >= 0.6 is 23.2 Å². The zero-order chi connectivity index (χ0) is 24.5. The lowest BCUT2D eigenvalue weighted by atomic mass is 9.95. The van der Waals surface area contributed by atoms with Gasteiger partial charge in [0.15, 0.2) is 6.61 Å². The molecule has 0 bridgehead atoms. The Morgan fingerprint density at radius 1 is 1.03 bits per heavy atom. The Kier molecular flexibility index (Phi) is 10.1. The van der Waals surface area contributed by atoms with Crippen molar-refractivity contribution in [1.82, 2.24) is 10.2 Å². The molecule has 0 radical (unpaired) electrons. The van der Waals surface area contributed by atoms with Gasteiger partial charge in [-0.25, -0.2) is 0 Å². The van der Waals surface area contributed by atoms with Gasteiger partial charge in [0.25, 0.3) is 5.91 Å². The van der Waals surface area contributed by atoms with E-state index in [4.69, 9.17) is 27.9 Å². The lowest BCUT2D eigenvalue weighted by Crippen LogP contribution is -2.52. The average Bonchev–Trinajstić information content (AvgIpc) is 2.85. The number of carbonyl (C=O) groups excluding carboxylic acids is 2. The largest absolute Gasteiger partial charge is 0.484 e. The number of hydrogen-bond acceptors (Lipinski definition) is 3. The number of rotatable bonds is 10. The number of aryl methyl sites for hydroxylation is 1. The van der Waals surface area contributed by atoms with E-state index in [-0.39, 0.29) is 31.0 Å². The third-order valence-corrected chi connectivity index (χ3v) is 7.13. The topological polar surface area (TPSA) is 58.6 Å². The minimum absolute atomic E-state index is 0.131. The number of ether oxygens (including phenoxy) is 1. The summed E-state index contributed by atoms with van der Waals surface area (Å²) >= 11 is 12.8. The van der Waals surface area contributed by atoms with Gasteiger partial charge in [-0.3, -0.25) is 9.59 Å². The van der Waals surface area contributed by atoms with Crippen LogP contribution in [0.1, 0.15) is 63.5 Å². The second kappa shape index (κ2) is 13.0. The molecule has 1 N–H and O–H groups in total. The van der Waals surface area contributed by atoms with Crippen LogP contribution in [0.2, 0.25) is 10.0 Å². The summed E-state index contributed by atoms with van der Waals surface area (Å²) in [5.41, 5.74) is 1.81. The van der Waals surface area contributed by atoms with Crippen LogP contribution < -0.4 is 10.1 Å². The summed E-state index contributed by atoms with van der Waals surface area (Å²) < 4.78 is 5.78. The number of amides is 2. The highest BCUT2D eigenvalue weighted by molar-refractivity contribution is 6.36. The number of hydrogen-bond donors (Lipinski definition) is 1. The second-order valence-electron chi connectivity index (χ2n) is 8.78. The maximum Gasteiger partial charge on any atom is 0.261 e. The Balaban J connectivity index is 1.78. The quantitative estimate of drug-likeness (QED) is 0.419. The number of nitrogens with one attached hydrogen (secondary N) is 1. The van der Waals surface area contributed by atoms with Crippen LogP contribution in [0.15, 0.2) is 42.5 Å². The summed E-state index contributed by atoms with van der Waals surface area (Å²) in [7, 11) is 0. The lowest BCUT2D eigenvalue weighted by Gasteiger charge is -2.33. The van der Waals surface area contributed by atoms with Gasteiger partial charge in [-0.2, -0.15) is 0 Å². The molecule has 1 aliphatic carbocycles. The highest BCUT2D eigenvalue weighted by atomic mass is 35.5. The SMILES string of the molecule is CCc1ccc(OCC(=O)N(Cc2c(Cl)cccc2Cl)[C@H](CC)C(=O)NC2CCCCC2)cc1. The first-order valence-corrected chi connectivity index (χ1v) is 12.9. The van der Waals surface area contributed by atoms with Crippen LogP contribution in [0.5, 0.6) is 5.75 Å². The van der Waals surface area contributed by atoms with E-state index in [1.165, 1.54) is 12.0 Å². The maximum absolute atomic E-state index is 13.4. The molecule has 0 unspecified atom stereocenters. The highest BCUT2D eigenvalue weighted by Crippen LogP contribution is 2.27. The molecule has 5 nitrogen and oxygen atoms in total. The molecule has 2 aromatic carbocycles. The normalized spacial score (nSPS) is 14.9.